The van der Waals surface area contributed by atoms with E-state index >= 15 is 0 Å². The number of carbonyl (C=O) groups is 2. The van der Waals surface area contributed by atoms with Crippen molar-refractivity contribution in [1.29, 1.82) is 0 Å². The lowest BCUT2D eigenvalue weighted by Gasteiger charge is -2.31. The summed E-state index contributed by atoms with van der Waals surface area (Å²) in [7, 11) is 3.20. The molecule has 0 bridgehead atoms. The van der Waals surface area contributed by atoms with Gasteiger partial charge in [-0.15, -0.1) is 0 Å². The molecule has 3 rings (SSSR count). The zero-order chi connectivity index (χ0) is 26.9. The summed E-state index contributed by atoms with van der Waals surface area (Å²) in [6, 6.07) is 16.9. The van der Waals surface area contributed by atoms with Crippen molar-refractivity contribution in [1.82, 2.24) is 9.80 Å². The SMILES string of the molecule is CC[C@H](C)N(CC(=O)N(CCc1ccc(OC)c(OC)c1)Cc1ccc(C)o1)C(=O)c1ccc(C)cc1. The molecule has 1 atom stereocenters. The number of aryl methyl sites for hydroxylation is 2. The van der Waals surface area contributed by atoms with Gasteiger partial charge >= 0.3 is 0 Å². The quantitative estimate of drug-likeness (QED) is 0.328. The van der Waals surface area contributed by atoms with Gasteiger partial charge in [0.05, 0.1) is 20.8 Å². The van der Waals surface area contributed by atoms with Crippen molar-refractivity contribution in [3.8, 4) is 11.5 Å². The van der Waals surface area contributed by atoms with Gasteiger partial charge in [0.15, 0.2) is 11.5 Å². The highest BCUT2D eigenvalue weighted by molar-refractivity contribution is 5.96. The minimum Gasteiger partial charge on any atom is -0.493 e. The minimum absolute atomic E-state index is 0.00661. The predicted molar refractivity (Wildman–Crippen MR) is 144 cm³/mol. The summed E-state index contributed by atoms with van der Waals surface area (Å²) in [5.74, 6) is 2.53. The molecule has 198 valence electrons. The third-order valence-corrected chi connectivity index (χ3v) is 6.60. The van der Waals surface area contributed by atoms with E-state index in [1.54, 1.807) is 24.0 Å². The van der Waals surface area contributed by atoms with Crippen molar-refractivity contribution in [2.45, 2.75) is 53.1 Å². The van der Waals surface area contributed by atoms with Crippen LogP contribution in [0.5, 0.6) is 11.5 Å². The average Bonchev–Trinajstić information content (AvgIpc) is 3.33. The first-order valence-corrected chi connectivity index (χ1v) is 12.7. The number of benzene rings is 2. The first-order chi connectivity index (χ1) is 17.7. The molecule has 2 amide bonds. The smallest absolute Gasteiger partial charge is 0.254 e. The van der Waals surface area contributed by atoms with E-state index in [0.717, 1.165) is 23.3 Å². The summed E-state index contributed by atoms with van der Waals surface area (Å²) in [5.41, 5.74) is 2.68. The lowest BCUT2D eigenvalue weighted by Crippen LogP contribution is -2.46. The van der Waals surface area contributed by atoms with Crippen LogP contribution in [-0.2, 0) is 17.8 Å². The van der Waals surface area contributed by atoms with Gasteiger partial charge in [-0.05, 0) is 75.6 Å². The highest BCUT2D eigenvalue weighted by Crippen LogP contribution is 2.28. The Morgan fingerprint density at radius 2 is 1.65 bits per heavy atom. The Balaban J connectivity index is 1.81. The zero-order valence-corrected chi connectivity index (χ0v) is 22.7. The zero-order valence-electron chi connectivity index (χ0n) is 22.7. The number of ether oxygens (including phenoxy) is 2. The Labute approximate surface area is 220 Å². The van der Waals surface area contributed by atoms with Crippen LogP contribution in [-0.4, -0.2) is 55.0 Å². The Bertz CT molecular complexity index is 1180. The van der Waals surface area contributed by atoms with Crippen LogP contribution in [0.15, 0.2) is 59.0 Å². The molecule has 3 aromatic rings. The minimum atomic E-state index is -0.142. The molecule has 37 heavy (non-hydrogen) atoms. The second-order valence-electron chi connectivity index (χ2n) is 9.32. The van der Waals surface area contributed by atoms with Crippen molar-refractivity contribution < 1.29 is 23.5 Å². The molecule has 1 heterocycles. The molecule has 0 aliphatic rings. The number of methoxy groups -OCH3 is 2. The molecule has 0 unspecified atom stereocenters. The van der Waals surface area contributed by atoms with Gasteiger partial charge < -0.3 is 23.7 Å². The molecule has 0 saturated heterocycles. The van der Waals surface area contributed by atoms with E-state index < -0.39 is 0 Å². The molecule has 1 aromatic heterocycles. The fourth-order valence-electron chi connectivity index (χ4n) is 4.11. The van der Waals surface area contributed by atoms with Gasteiger partial charge in [0, 0.05) is 18.2 Å². The monoisotopic (exact) mass is 506 g/mol. The molecule has 0 fully saturated rings. The number of nitrogens with zero attached hydrogens (tertiary/aromatic N) is 2. The Morgan fingerprint density at radius 3 is 2.24 bits per heavy atom. The molecule has 0 radical (unpaired) electrons. The highest BCUT2D eigenvalue weighted by Gasteiger charge is 2.26. The summed E-state index contributed by atoms with van der Waals surface area (Å²) in [6.07, 6.45) is 1.36. The molecule has 7 nitrogen and oxygen atoms in total. The molecule has 0 N–H and O–H groups in total. The average molecular weight is 507 g/mol. The number of amides is 2. The fourth-order valence-corrected chi connectivity index (χ4v) is 4.11. The molecule has 0 spiro atoms. The molecule has 0 aliphatic carbocycles. The van der Waals surface area contributed by atoms with Crippen LogP contribution in [0.2, 0.25) is 0 Å². The van der Waals surface area contributed by atoms with Gasteiger partial charge in [0.25, 0.3) is 5.91 Å². The number of furan rings is 1. The van der Waals surface area contributed by atoms with Gasteiger partial charge in [-0.25, -0.2) is 0 Å². The number of carbonyl (C=O) groups excluding carboxylic acids is 2. The molecule has 7 heteroatoms. The molecule has 2 aromatic carbocycles. The van der Waals surface area contributed by atoms with Gasteiger partial charge in [0.2, 0.25) is 5.91 Å². The van der Waals surface area contributed by atoms with Crippen molar-refractivity contribution in [3.05, 3.63) is 82.8 Å². The molecule has 0 saturated carbocycles. The van der Waals surface area contributed by atoms with E-state index in [4.69, 9.17) is 13.9 Å². The summed E-state index contributed by atoms with van der Waals surface area (Å²) in [4.78, 5) is 30.5. The van der Waals surface area contributed by atoms with E-state index in [1.165, 1.54) is 0 Å². The van der Waals surface area contributed by atoms with Crippen LogP contribution >= 0.6 is 0 Å². The second-order valence-corrected chi connectivity index (χ2v) is 9.32. The maximum Gasteiger partial charge on any atom is 0.254 e. The van der Waals surface area contributed by atoms with Crippen LogP contribution in [0.1, 0.15) is 53.3 Å². The van der Waals surface area contributed by atoms with Crippen LogP contribution in [0.4, 0.5) is 0 Å². The van der Waals surface area contributed by atoms with Crippen LogP contribution in [0.25, 0.3) is 0 Å². The summed E-state index contributed by atoms with van der Waals surface area (Å²) < 4.78 is 16.5. The summed E-state index contributed by atoms with van der Waals surface area (Å²) in [5, 5.41) is 0. The van der Waals surface area contributed by atoms with E-state index in [0.29, 0.717) is 42.3 Å². The highest BCUT2D eigenvalue weighted by atomic mass is 16.5. The van der Waals surface area contributed by atoms with Crippen LogP contribution in [0, 0.1) is 13.8 Å². The number of hydrogen-bond acceptors (Lipinski definition) is 5. The molecular formula is C30H38N2O5. The number of hydrogen-bond donors (Lipinski definition) is 0. The van der Waals surface area contributed by atoms with Crippen molar-refractivity contribution >= 4 is 11.8 Å². The summed E-state index contributed by atoms with van der Waals surface area (Å²) >= 11 is 0. The van der Waals surface area contributed by atoms with E-state index in [2.05, 4.69) is 0 Å². The maximum absolute atomic E-state index is 13.7. The van der Waals surface area contributed by atoms with E-state index in [1.807, 2.05) is 82.3 Å². The molecular weight excluding hydrogens is 468 g/mol. The first-order valence-electron chi connectivity index (χ1n) is 12.7. The summed E-state index contributed by atoms with van der Waals surface area (Å²) in [6.45, 7) is 8.64. The Hall–Kier alpha value is -3.74. The molecule has 0 aliphatic heterocycles. The van der Waals surface area contributed by atoms with Gasteiger partial charge in [-0.2, -0.15) is 0 Å². The second kappa shape index (κ2) is 13.0. The van der Waals surface area contributed by atoms with Crippen molar-refractivity contribution in [2.24, 2.45) is 0 Å². The fraction of sp³-hybridized carbons (Fsp3) is 0.400. The third kappa shape index (κ3) is 7.38. The van der Waals surface area contributed by atoms with Crippen molar-refractivity contribution in [2.75, 3.05) is 27.3 Å². The first kappa shape index (κ1) is 27.8. The van der Waals surface area contributed by atoms with E-state index in [9.17, 15) is 9.59 Å². The van der Waals surface area contributed by atoms with Gasteiger partial charge in [-0.1, -0.05) is 30.7 Å². The lowest BCUT2D eigenvalue weighted by molar-refractivity contribution is -0.133. The Kier molecular flexibility index (Phi) is 9.78. The van der Waals surface area contributed by atoms with Crippen LogP contribution < -0.4 is 9.47 Å². The maximum atomic E-state index is 13.7. The lowest BCUT2D eigenvalue weighted by atomic mass is 10.1. The van der Waals surface area contributed by atoms with Crippen molar-refractivity contribution in [3.63, 3.8) is 0 Å². The van der Waals surface area contributed by atoms with Gasteiger partial charge in [0.1, 0.15) is 18.1 Å². The predicted octanol–water partition coefficient (Wildman–Crippen LogP) is 5.43. The van der Waals surface area contributed by atoms with E-state index in [-0.39, 0.29) is 24.4 Å². The third-order valence-electron chi connectivity index (χ3n) is 6.60. The van der Waals surface area contributed by atoms with Crippen LogP contribution in [0.3, 0.4) is 0 Å². The van der Waals surface area contributed by atoms with Gasteiger partial charge in [-0.3, -0.25) is 9.59 Å². The standard InChI is InChI=1S/C30H38N2O5/c1-7-22(3)32(30(34)25-12-8-21(2)9-13-25)20-29(33)31(19-26-14-10-23(4)37-26)17-16-24-11-15-27(35-5)28(18-24)36-6/h8-15,18,22H,7,16-17,19-20H2,1-6H3/t22-/m0/s1. The number of rotatable bonds is 12. The Morgan fingerprint density at radius 1 is 0.946 bits per heavy atom. The normalized spacial score (nSPS) is 11.6. The topological polar surface area (TPSA) is 72.2 Å². The largest absolute Gasteiger partial charge is 0.493 e.